The zero-order valence-electron chi connectivity index (χ0n) is 10.2. The Morgan fingerprint density at radius 2 is 2.15 bits per heavy atom. The van der Waals surface area contributed by atoms with E-state index in [0.29, 0.717) is 24.0 Å². The maximum atomic E-state index is 12.3. The van der Waals surface area contributed by atoms with Crippen LogP contribution in [0.25, 0.3) is 11.0 Å². The summed E-state index contributed by atoms with van der Waals surface area (Å²) in [6.45, 7) is 0.306. The lowest BCUT2D eigenvalue weighted by Gasteiger charge is -2.06. The van der Waals surface area contributed by atoms with Gasteiger partial charge in [0, 0.05) is 18.3 Å². The van der Waals surface area contributed by atoms with Gasteiger partial charge in [-0.3, -0.25) is 0 Å². The first kappa shape index (κ1) is 13.6. The number of rotatable bonds is 5. The van der Waals surface area contributed by atoms with E-state index in [1.807, 2.05) is 5.38 Å². The van der Waals surface area contributed by atoms with Crippen molar-refractivity contribution < 1.29 is 8.42 Å². The van der Waals surface area contributed by atoms with Crippen molar-refractivity contribution in [3.8, 4) is 0 Å². The molecule has 2 heterocycles. The first-order valence-corrected chi connectivity index (χ1v) is 8.90. The van der Waals surface area contributed by atoms with Crippen LogP contribution < -0.4 is 4.72 Å². The van der Waals surface area contributed by atoms with Gasteiger partial charge >= 0.3 is 0 Å². The van der Waals surface area contributed by atoms with E-state index < -0.39 is 10.0 Å². The Kier molecular flexibility index (Phi) is 3.74. The van der Waals surface area contributed by atoms with Crippen molar-refractivity contribution in [3.63, 3.8) is 0 Å². The third-order valence-electron chi connectivity index (χ3n) is 2.70. The van der Waals surface area contributed by atoms with Gasteiger partial charge < -0.3 is 0 Å². The van der Waals surface area contributed by atoms with E-state index in [-0.39, 0.29) is 4.90 Å². The minimum Gasteiger partial charge on any atom is -0.250 e. The van der Waals surface area contributed by atoms with Gasteiger partial charge in [0.15, 0.2) is 0 Å². The molecule has 0 saturated heterocycles. The highest BCUT2D eigenvalue weighted by atomic mass is 32.2. The first-order chi connectivity index (χ1) is 9.67. The lowest BCUT2D eigenvalue weighted by Crippen LogP contribution is -2.26. The zero-order chi connectivity index (χ0) is 14.0. The monoisotopic (exact) mass is 326 g/mol. The van der Waals surface area contributed by atoms with Crippen LogP contribution in [0.5, 0.6) is 0 Å². The van der Waals surface area contributed by atoms with Crippen molar-refractivity contribution in [2.24, 2.45) is 0 Å². The number of aromatic nitrogens is 3. The molecule has 0 fully saturated rings. The van der Waals surface area contributed by atoms with E-state index in [2.05, 4.69) is 18.5 Å². The lowest BCUT2D eigenvalue weighted by molar-refractivity contribution is 0.582. The third kappa shape index (κ3) is 2.70. The molecule has 3 rings (SSSR count). The Morgan fingerprint density at radius 1 is 1.25 bits per heavy atom. The van der Waals surface area contributed by atoms with Crippen molar-refractivity contribution in [1.82, 2.24) is 18.5 Å². The van der Waals surface area contributed by atoms with Crippen LogP contribution in [0.3, 0.4) is 0 Å². The third-order valence-corrected chi connectivity index (χ3v) is 5.37. The van der Waals surface area contributed by atoms with Crippen molar-refractivity contribution in [1.29, 1.82) is 0 Å². The van der Waals surface area contributed by atoms with Crippen LogP contribution in [-0.2, 0) is 16.4 Å². The molecule has 20 heavy (non-hydrogen) atoms. The molecule has 0 aliphatic heterocycles. The molecule has 0 aliphatic carbocycles. The summed E-state index contributed by atoms with van der Waals surface area (Å²) in [5.74, 6) is 0. The fourth-order valence-electron chi connectivity index (χ4n) is 1.75. The lowest BCUT2D eigenvalue weighted by atomic mass is 10.3. The largest absolute Gasteiger partial charge is 0.250 e. The van der Waals surface area contributed by atoms with E-state index in [1.54, 1.807) is 17.6 Å². The van der Waals surface area contributed by atoms with Crippen LogP contribution in [0.1, 0.15) is 5.69 Å². The topological polar surface area (TPSA) is 84.8 Å². The standard InChI is InChI=1S/C11H10N4O2S3/c16-20(17,13-5-4-8-6-18-7-12-8)10-3-1-2-9-11(10)15-19-14-9/h1-3,6-7,13H,4-5H2. The molecule has 0 aliphatic rings. The molecule has 0 atom stereocenters. The Hall–Kier alpha value is -1.42. The van der Waals surface area contributed by atoms with Crippen LogP contribution in [0.2, 0.25) is 0 Å². The maximum Gasteiger partial charge on any atom is 0.242 e. The van der Waals surface area contributed by atoms with E-state index in [1.165, 1.54) is 17.4 Å². The van der Waals surface area contributed by atoms with Crippen molar-refractivity contribution >= 4 is 44.1 Å². The van der Waals surface area contributed by atoms with Gasteiger partial charge in [-0.1, -0.05) is 6.07 Å². The molecule has 0 amide bonds. The van der Waals surface area contributed by atoms with Crippen LogP contribution in [0, 0.1) is 0 Å². The van der Waals surface area contributed by atoms with Crippen molar-refractivity contribution in [2.45, 2.75) is 11.3 Å². The predicted octanol–water partition coefficient (Wildman–Crippen LogP) is 1.67. The Balaban J connectivity index is 1.79. The molecule has 9 heteroatoms. The van der Waals surface area contributed by atoms with E-state index in [9.17, 15) is 8.42 Å². The minimum atomic E-state index is -3.58. The maximum absolute atomic E-state index is 12.3. The molecule has 1 aromatic carbocycles. The summed E-state index contributed by atoms with van der Waals surface area (Å²) < 4.78 is 35.2. The number of nitrogens with zero attached hydrogens (tertiary/aromatic N) is 3. The zero-order valence-corrected chi connectivity index (χ0v) is 12.6. The van der Waals surface area contributed by atoms with Crippen LogP contribution in [-0.4, -0.2) is 28.7 Å². The Morgan fingerprint density at radius 3 is 2.95 bits per heavy atom. The van der Waals surface area contributed by atoms with Crippen LogP contribution in [0.4, 0.5) is 0 Å². The number of fused-ring (bicyclic) bond motifs is 1. The van der Waals surface area contributed by atoms with Gasteiger partial charge in [-0.15, -0.1) is 11.3 Å². The number of hydrogen-bond acceptors (Lipinski definition) is 7. The molecule has 0 saturated carbocycles. The molecule has 0 bridgehead atoms. The van der Waals surface area contributed by atoms with Gasteiger partial charge in [-0.05, 0) is 12.1 Å². The quantitative estimate of drug-likeness (QED) is 0.771. The highest BCUT2D eigenvalue weighted by Gasteiger charge is 2.18. The summed E-state index contributed by atoms with van der Waals surface area (Å²) in [4.78, 5) is 4.28. The average molecular weight is 326 g/mol. The summed E-state index contributed by atoms with van der Waals surface area (Å²) in [5.41, 5.74) is 3.62. The number of hydrogen-bond donors (Lipinski definition) is 1. The van der Waals surface area contributed by atoms with E-state index >= 15 is 0 Å². The first-order valence-electron chi connectivity index (χ1n) is 5.75. The summed E-state index contributed by atoms with van der Waals surface area (Å²) in [6.07, 6.45) is 0.564. The molecule has 2 aromatic heterocycles. The fourth-order valence-corrected chi connectivity index (χ4v) is 4.14. The summed E-state index contributed by atoms with van der Waals surface area (Å²) in [5, 5.41) is 1.90. The van der Waals surface area contributed by atoms with E-state index in [0.717, 1.165) is 17.4 Å². The van der Waals surface area contributed by atoms with Gasteiger partial charge in [-0.25, -0.2) is 18.1 Å². The van der Waals surface area contributed by atoms with Crippen molar-refractivity contribution in [2.75, 3.05) is 6.54 Å². The molecular weight excluding hydrogens is 316 g/mol. The second kappa shape index (κ2) is 5.52. The molecule has 6 nitrogen and oxygen atoms in total. The second-order valence-corrected chi connectivity index (χ2v) is 7.00. The van der Waals surface area contributed by atoms with Gasteiger partial charge in [0.1, 0.15) is 15.9 Å². The van der Waals surface area contributed by atoms with Gasteiger partial charge in [-0.2, -0.15) is 8.75 Å². The molecule has 0 radical (unpaired) electrons. The molecule has 104 valence electrons. The second-order valence-electron chi connectivity index (χ2n) is 4.02. The molecular formula is C11H10N4O2S3. The molecule has 0 unspecified atom stereocenters. The Labute approximate surface area is 123 Å². The molecule has 1 N–H and O–H groups in total. The highest BCUT2D eigenvalue weighted by molar-refractivity contribution is 7.89. The van der Waals surface area contributed by atoms with Crippen molar-refractivity contribution in [3.05, 3.63) is 34.8 Å². The SMILES string of the molecule is O=S(=O)(NCCc1cscn1)c1cccc2nsnc12. The smallest absolute Gasteiger partial charge is 0.242 e. The Bertz CT molecular complexity index is 811. The van der Waals surface area contributed by atoms with E-state index in [4.69, 9.17) is 0 Å². The van der Waals surface area contributed by atoms with Crippen LogP contribution in [0.15, 0.2) is 34.0 Å². The van der Waals surface area contributed by atoms with Gasteiger partial charge in [0.05, 0.1) is 22.9 Å². The normalized spacial score (nSPS) is 12.0. The number of thiazole rings is 1. The summed E-state index contributed by atoms with van der Waals surface area (Å²) in [7, 11) is -3.58. The highest BCUT2D eigenvalue weighted by Crippen LogP contribution is 2.20. The average Bonchev–Trinajstić information content (AvgIpc) is 3.08. The minimum absolute atomic E-state index is 0.169. The molecule has 3 aromatic rings. The fraction of sp³-hybridized carbons (Fsp3) is 0.182. The van der Waals surface area contributed by atoms with Gasteiger partial charge in [0.2, 0.25) is 10.0 Å². The number of benzene rings is 1. The summed E-state index contributed by atoms with van der Waals surface area (Å²) >= 11 is 2.50. The van der Waals surface area contributed by atoms with Crippen LogP contribution >= 0.6 is 23.1 Å². The number of nitrogens with one attached hydrogen (secondary N) is 1. The predicted molar refractivity (Wildman–Crippen MR) is 78.4 cm³/mol. The summed E-state index contributed by atoms with van der Waals surface area (Å²) in [6, 6.07) is 4.95. The van der Waals surface area contributed by atoms with Gasteiger partial charge in [0.25, 0.3) is 0 Å². The number of sulfonamides is 1. The molecule has 0 spiro atoms.